The van der Waals surface area contributed by atoms with Gasteiger partial charge >= 0.3 is 12.5 Å². The van der Waals surface area contributed by atoms with Gasteiger partial charge in [-0.1, -0.05) is 0 Å². The molecule has 8 nitrogen and oxygen atoms in total. The second-order valence-corrected chi connectivity index (χ2v) is 9.12. The van der Waals surface area contributed by atoms with Gasteiger partial charge in [-0.2, -0.15) is 17.6 Å². The van der Waals surface area contributed by atoms with Gasteiger partial charge in [0.1, 0.15) is 40.5 Å². The Kier molecular flexibility index (Phi) is 8.50. The number of rotatable bonds is 8. The van der Waals surface area contributed by atoms with Crippen LogP contribution in [-0.2, 0) is 6.18 Å². The maximum atomic E-state index is 15.2. The predicted molar refractivity (Wildman–Crippen MR) is 134 cm³/mol. The average Bonchev–Trinajstić information content (AvgIpc) is 2.81. The van der Waals surface area contributed by atoms with E-state index in [9.17, 15) is 35.9 Å². The van der Waals surface area contributed by atoms with Crippen molar-refractivity contribution in [2.24, 2.45) is 5.73 Å². The molecule has 0 saturated heterocycles. The van der Waals surface area contributed by atoms with Crippen LogP contribution in [-0.4, -0.2) is 52.0 Å². The number of amides is 2. The molecular weight excluding hydrogens is 571 g/mol. The van der Waals surface area contributed by atoms with Gasteiger partial charge < -0.3 is 25.3 Å². The summed E-state index contributed by atoms with van der Waals surface area (Å²) < 4.78 is 123. The van der Waals surface area contributed by atoms with Crippen LogP contribution in [0.1, 0.15) is 26.4 Å². The van der Waals surface area contributed by atoms with Crippen LogP contribution in [0.15, 0.2) is 42.6 Å². The van der Waals surface area contributed by atoms with Gasteiger partial charge in [-0.05, 0) is 36.4 Å². The molecule has 41 heavy (non-hydrogen) atoms. The minimum absolute atomic E-state index is 0.224. The van der Waals surface area contributed by atoms with Gasteiger partial charge in [0.2, 0.25) is 5.82 Å². The highest BCUT2D eigenvalue weighted by atomic mass is 19.4. The molecule has 0 aliphatic heterocycles. The molecule has 0 atom stereocenters. The first-order valence-corrected chi connectivity index (χ1v) is 11.2. The summed E-state index contributed by atoms with van der Waals surface area (Å²) in [5.74, 6) is -10.3. The number of nitrogens with two attached hydrogens (primary N) is 1. The lowest BCUT2D eigenvalue weighted by atomic mass is 9.52. The molecule has 1 heterocycles. The Bertz CT molecular complexity index is 1500. The van der Waals surface area contributed by atoms with Gasteiger partial charge in [0.15, 0.2) is 23.1 Å². The third kappa shape index (κ3) is 7.82. The summed E-state index contributed by atoms with van der Waals surface area (Å²) in [4.78, 5) is 28.0. The minimum Gasteiger partial charge on any atom is -0.508 e. The number of halogens is 8. The van der Waals surface area contributed by atoms with Crippen LogP contribution in [0.5, 0.6) is 23.0 Å². The van der Waals surface area contributed by atoms with Crippen LogP contribution in [0.2, 0.25) is 0 Å². The first-order chi connectivity index (χ1) is 18.8. The fraction of sp³-hybridized carbons (Fsp3) is 0.136. The number of alkyl halides is 6. The van der Waals surface area contributed by atoms with Gasteiger partial charge in [-0.15, -0.1) is 13.2 Å². The Hall–Kier alpha value is -4.44. The molecule has 0 saturated carbocycles. The summed E-state index contributed by atoms with van der Waals surface area (Å²) in [5.41, 5.74) is 1.35. The zero-order valence-corrected chi connectivity index (χ0v) is 21.1. The van der Waals surface area contributed by atoms with E-state index >= 15 is 8.78 Å². The summed E-state index contributed by atoms with van der Waals surface area (Å²) >= 11 is 0. The van der Waals surface area contributed by atoms with Crippen LogP contribution in [0.4, 0.5) is 40.8 Å². The van der Waals surface area contributed by atoms with Crippen molar-refractivity contribution in [3.63, 3.8) is 0 Å². The normalized spacial score (nSPS) is 12.0. The Morgan fingerprint density at radius 2 is 1.46 bits per heavy atom. The highest BCUT2D eigenvalue weighted by molar-refractivity contribution is 6.58. The molecule has 3 N–H and O–H groups in total. The summed E-state index contributed by atoms with van der Waals surface area (Å²) in [6.45, 7) is 0. The first-order valence-electron chi connectivity index (χ1n) is 11.2. The molecule has 1 aromatic heterocycles. The molecule has 2 aromatic carbocycles. The Balaban J connectivity index is 2.16. The number of aromatic nitrogens is 1. The number of hydrogen-bond acceptors (Lipinski definition) is 6. The molecule has 0 aliphatic rings. The van der Waals surface area contributed by atoms with Crippen molar-refractivity contribution >= 4 is 41.0 Å². The lowest BCUT2D eigenvalue weighted by molar-refractivity contribution is -0.275. The smallest absolute Gasteiger partial charge is 0.508 e. The van der Waals surface area contributed by atoms with Crippen molar-refractivity contribution in [1.29, 1.82) is 0 Å². The van der Waals surface area contributed by atoms with Crippen molar-refractivity contribution in [3.8, 4) is 23.0 Å². The van der Waals surface area contributed by atoms with Crippen LogP contribution in [0.3, 0.4) is 0 Å². The van der Waals surface area contributed by atoms with E-state index in [0.717, 1.165) is 18.3 Å². The molecule has 0 bridgehead atoms. The number of primary amides is 1. The number of nitrogens with zero attached hydrogens (tertiary/aromatic N) is 1. The lowest BCUT2D eigenvalue weighted by Gasteiger charge is -2.25. The highest BCUT2D eigenvalue weighted by Gasteiger charge is 2.38. The van der Waals surface area contributed by atoms with Crippen LogP contribution < -0.4 is 25.3 Å². The second kappa shape index (κ2) is 11.2. The molecule has 2 amide bonds. The fourth-order valence-electron chi connectivity index (χ4n) is 3.23. The SMILES string of the molecule is BC(B)(B)Oc1c(Oc2ccc(C(F)(F)F)c(F)c2C(=O)Nc2ccnc(C(N)=O)c2)ccc(OC(F)(F)F)c1F. The van der Waals surface area contributed by atoms with Gasteiger partial charge in [0.25, 0.3) is 11.8 Å². The van der Waals surface area contributed by atoms with E-state index in [1.165, 1.54) is 23.5 Å². The van der Waals surface area contributed by atoms with E-state index in [4.69, 9.17) is 15.2 Å². The standard InChI is InChI=1S/C22H16B3F8N3O5/c23-21(24,25)41-17-13(4-3-12(16(17)27)40-22(31,32)33)39-11-2-1-9(20(28,29)30)15(26)14(11)19(38)36-8-5-6-35-10(7-8)18(34)37/h1-7H,23-25H2,(H2,34,37)(H,35,36,38). The third-order valence-corrected chi connectivity index (χ3v) is 4.79. The van der Waals surface area contributed by atoms with Crippen LogP contribution in [0.25, 0.3) is 0 Å². The van der Waals surface area contributed by atoms with Crippen molar-refractivity contribution in [2.45, 2.75) is 17.8 Å². The molecule has 3 aromatic rings. The Morgan fingerprint density at radius 3 is 2.02 bits per heavy atom. The number of nitrogens with one attached hydrogen (secondary N) is 1. The molecule has 3 rings (SSSR count). The molecular formula is C22H16B3F8N3O5. The zero-order chi connectivity index (χ0) is 30.9. The largest absolute Gasteiger partial charge is 0.573 e. The number of hydrogen-bond donors (Lipinski definition) is 2. The number of carbonyl (C=O) groups excluding carboxylic acids is 2. The molecule has 0 unspecified atom stereocenters. The van der Waals surface area contributed by atoms with E-state index in [1.807, 2.05) is 0 Å². The quantitative estimate of drug-likeness (QED) is 0.310. The van der Waals surface area contributed by atoms with Crippen molar-refractivity contribution in [2.75, 3.05) is 5.32 Å². The average molecular weight is 587 g/mol. The van der Waals surface area contributed by atoms with Crippen molar-refractivity contribution in [1.82, 2.24) is 4.98 Å². The summed E-state index contributed by atoms with van der Waals surface area (Å²) in [6.07, 6.45) is -9.54. The van der Waals surface area contributed by atoms with Crippen LogP contribution in [0, 0.1) is 11.6 Å². The number of anilines is 1. The number of ether oxygens (including phenoxy) is 3. The van der Waals surface area contributed by atoms with Gasteiger partial charge in [0.05, 0.1) is 5.56 Å². The fourth-order valence-corrected chi connectivity index (χ4v) is 3.23. The van der Waals surface area contributed by atoms with Crippen molar-refractivity contribution < 1.29 is 58.9 Å². The van der Waals surface area contributed by atoms with E-state index < -0.39 is 75.4 Å². The number of benzene rings is 2. The molecule has 214 valence electrons. The van der Waals surface area contributed by atoms with E-state index in [-0.39, 0.29) is 17.4 Å². The number of carbonyl (C=O) groups is 2. The van der Waals surface area contributed by atoms with Gasteiger partial charge in [-0.3, -0.25) is 14.6 Å². The minimum atomic E-state index is -5.30. The Morgan fingerprint density at radius 1 is 0.854 bits per heavy atom. The summed E-state index contributed by atoms with van der Waals surface area (Å²) in [6, 6.07) is 4.04. The molecule has 0 aliphatic carbocycles. The van der Waals surface area contributed by atoms with Gasteiger partial charge in [-0.25, -0.2) is 4.39 Å². The van der Waals surface area contributed by atoms with Crippen LogP contribution >= 0.6 is 0 Å². The highest BCUT2D eigenvalue weighted by Crippen LogP contribution is 2.43. The third-order valence-electron chi connectivity index (χ3n) is 4.79. The predicted octanol–water partition coefficient (Wildman–Crippen LogP) is 2.31. The second-order valence-electron chi connectivity index (χ2n) is 9.12. The monoisotopic (exact) mass is 587 g/mol. The van der Waals surface area contributed by atoms with E-state index in [1.54, 1.807) is 0 Å². The molecule has 0 fully saturated rings. The summed E-state index contributed by atoms with van der Waals surface area (Å²) in [5, 5.41) is 0.811. The van der Waals surface area contributed by atoms with Crippen molar-refractivity contribution in [3.05, 3.63) is 71.1 Å². The maximum Gasteiger partial charge on any atom is 0.573 e. The maximum absolute atomic E-state index is 15.2. The molecule has 0 radical (unpaired) electrons. The topological polar surface area (TPSA) is 113 Å². The van der Waals surface area contributed by atoms with E-state index in [0.29, 0.717) is 18.2 Å². The molecule has 0 spiro atoms. The first kappa shape index (κ1) is 31.1. The van der Waals surface area contributed by atoms with E-state index in [2.05, 4.69) is 15.0 Å². The number of pyridine rings is 1. The summed E-state index contributed by atoms with van der Waals surface area (Å²) in [7, 11) is 4.16. The molecule has 19 heteroatoms. The van der Waals surface area contributed by atoms with Gasteiger partial charge in [0, 0.05) is 17.2 Å². The zero-order valence-electron chi connectivity index (χ0n) is 21.1. The lowest BCUT2D eigenvalue weighted by Crippen LogP contribution is -2.38. The Labute approximate surface area is 228 Å².